The maximum atomic E-state index is 5.10. The summed E-state index contributed by atoms with van der Waals surface area (Å²) in [6, 6.07) is 67.8. The Balaban J connectivity index is 1.16. The Morgan fingerprint density at radius 3 is 1.71 bits per heavy atom. The number of para-hydroxylation sites is 4. The Morgan fingerprint density at radius 2 is 0.923 bits per heavy atom. The molecular weight excluding hydrogens is 631 g/mol. The van der Waals surface area contributed by atoms with Crippen LogP contribution in [-0.2, 0) is 0 Å². The SMILES string of the molecule is c1ccc(-n2c(-c3ccc(-c4ccc5c(c4)c4c6ccccc6c6ccc7ccccc7c6c4n5-c4ccccc4)cc3)nc3ccccc32)cc1. The molecule has 0 unspecified atom stereocenters. The first-order chi connectivity index (χ1) is 25.8. The quantitative estimate of drug-likeness (QED) is 0.172. The van der Waals surface area contributed by atoms with Crippen LogP contribution in [0.15, 0.2) is 188 Å². The van der Waals surface area contributed by atoms with E-state index in [0.717, 1.165) is 33.8 Å². The highest BCUT2D eigenvalue weighted by Crippen LogP contribution is 2.45. The van der Waals surface area contributed by atoms with Gasteiger partial charge in [-0.2, -0.15) is 0 Å². The van der Waals surface area contributed by atoms with Crippen LogP contribution in [0.2, 0.25) is 0 Å². The van der Waals surface area contributed by atoms with E-state index < -0.39 is 0 Å². The summed E-state index contributed by atoms with van der Waals surface area (Å²) in [5.41, 5.74) is 10.2. The Hall–Kier alpha value is -6.97. The fraction of sp³-hybridized carbons (Fsp3) is 0. The average Bonchev–Trinajstić information content (AvgIpc) is 3.78. The topological polar surface area (TPSA) is 22.8 Å². The fourth-order valence-corrected chi connectivity index (χ4v) is 8.38. The molecule has 0 saturated carbocycles. The Bertz CT molecular complexity index is 3150. The lowest BCUT2D eigenvalue weighted by Crippen LogP contribution is -1.97. The van der Waals surface area contributed by atoms with Crippen molar-refractivity contribution in [2.75, 3.05) is 0 Å². The van der Waals surface area contributed by atoms with Crippen LogP contribution < -0.4 is 0 Å². The van der Waals surface area contributed by atoms with Gasteiger partial charge in [-0.1, -0.05) is 140 Å². The van der Waals surface area contributed by atoms with Gasteiger partial charge in [0.25, 0.3) is 0 Å². The zero-order chi connectivity index (χ0) is 34.2. The molecule has 242 valence electrons. The van der Waals surface area contributed by atoms with Crippen LogP contribution in [0, 0.1) is 0 Å². The molecule has 11 rings (SSSR count). The first kappa shape index (κ1) is 28.8. The van der Waals surface area contributed by atoms with E-state index in [1.807, 2.05) is 0 Å². The lowest BCUT2D eigenvalue weighted by atomic mass is 9.93. The van der Waals surface area contributed by atoms with Crippen LogP contribution in [0.1, 0.15) is 0 Å². The number of hydrogen-bond acceptors (Lipinski definition) is 1. The number of aromatic nitrogens is 3. The molecule has 9 aromatic carbocycles. The first-order valence-electron chi connectivity index (χ1n) is 17.8. The van der Waals surface area contributed by atoms with E-state index in [2.05, 4.69) is 197 Å². The molecule has 3 heteroatoms. The predicted molar refractivity (Wildman–Crippen MR) is 219 cm³/mol. The zero-order valence-corrected chi connectivity index (χ0v) is 28.2. The second kappa shape index (κ2) is 11.3. The standard InChI is InChI=1S/C49H31N3/c1-3-14-36(15-4-1)51-44-30-28-35(32-23-25-34(26-24-32)49-50-43-21-11-12-22-45(43)52(49)37-16-5-2-6-17-37)31-42(44)47-40-20-10-9-19-39(40)41-29-27-33-13-7-8-18-38(33)46(41)48(47)51/h1-31H. The summed E-state index contributed by atoms with van der Waals surface area (Å²) in [6.07, 6.45) is 0. The largest absolute Gasteiger partial charge is 0.309 e. The molecule has 2 heterocycles. The fourth-order valence-electron chi connectivity index (χ4n) is 8.38. The van der Waals surface area contributed by atoms with Crippen molar-refractivity contribution in [1.82, 2.24) is 14.1 Å². The van der Waals surface area contributed by atoms with Gasteiger partial charge in [0.15, 0.2) is 0 Å². The van der Waals surface area contributed by atoms with Gasteiger partial charge in [-0.25, -0.2) is 4.98 Å². The van der Waals surface area contributed by atoms with Gasteiger partial charge in [-0.05, 0) is 86.6 Å². The highest BCUT2D eigenvalue weighted by molar-refractivity contribution is 6.36. The van der Waals surface area contributed by atoms with Crippen molar-refractivity contribution in [3.63, 3.8) is 0 Å². The summed E-state index contributed by atoms with van der Waals surface area (Å²) >= 11 is 0. The van der Waals surface area contributed by atoms with Crippen LogP contribution in [0.3, 0.4) is 0 Å². The number of hydrogen-bond donors (Lipinski definition) is 0. The van der Waals surface area contributed by atoms with Crippen molar-refractivity contribution in [3.05, 3.63) is 188 Å². The van der Waals surface area contributed by atoms with E-state index >= 15 is 0 Å². The zero-order valence-electron chi connectivity index (χ0n) is 28.2. The second-order valence-corrected chi connectivity index (χ2v) is 13.6. The van der Waals surface area contributed by atoms with E-state index in [1.54, 1.807) is 0 Å². The molecule has 0 aliphatic heterocycles. The third kappa shape index (κ3) is 4.23. The smallest absolute Gasteiger partial charge is 0.145 e. The Kier molecular flexibility index (Phi) is 6.25. The molecule has 11 aromatic rings. The van der Waals surface area contributed by atoms with Crippen molar-refractivity contribution in [2.45, 2.75) is 0 Å². The molecule has 0 amide bonds. The van der Waals surface area contributed by atoms with E-state index in [4.69, 9.17) is 4.98 Å². The summed E-state index contributed by atoms with van der Waals surface area (Å²) in [7, 11) is 0. The number of nitrogens with zero attached hydrogens (tertiary/aromatic N) is 3. The average molecular weight is 662 g/mol. The minimum absolute atomic E-state index is 0.936. The minimum Gasteiger partial charge on any atom is -0.309 e. The lowest BCUT2D eigenvalue weighted by Gasteiger charge is -2.14. The van der Waals surface area contributed by atoms with Gasteiger partial charge in [-0.3, -0.25) is 4.57 Å². The molecule has 3 nitrogen and oxygen atoms in total. The molecule has 0 bridgehead atoms. The van der Waals surface area contributed by atoms with Gasteiger partial charge in [0.1, 0.15) is 5.82 Å². The van der Waals surface area contributed by atoms with Crippen molar-refractivity contribution in [3.8, 4) is 33.9 Å². The van der Waals surface area contributed by atoms with Crippen molar-refractivity contribution >= 4 is 65.2 Å². The predicted octanol–water partition coefficient (Wildman–Crippen LogP) is 12.9. The van der Waals surface area contributed by atoms with Gasteiger partial charge in [-0.15, -0.1) is 0 Å². The van der Waals surface area contributed by atoms with Gasteiger partial charge < -0.3 is 4.57 Å². The van der Waals surface area contributed by atoms with Crippen LogP contribution in [-0.4, -0.2) is 14.1 Å². The molecule has 0 saturated heterocycles. The molecule has 0 spiro atoms. The highest BCUT2D eigenvalue weighted by atomic mass is 15.1. The van der Waals surface area contributed by atoms with E-state index in [0.29, 0.717) is 0 Å². The minimum atomic E-state index is 0.936. The molecule has 0 aliphatic rings. The number of imidazole rings is 1. The second-order valence-electron chi connectivity index (χ2n) is 13.6. The third-order valence-electron chi connectivity index (χ3n) is 10.7. The monoisotopic (exact) mass is 661 g/mol. The molecule has 0 aliphatic carbocycles. The van der Waals surface area contributed by atoms with E-state index in [9.17, 15) is 0 Å². The maximum Gasteiger partial charge on any atom is 0.145 e. The molecule has 52 heavy (non-hydrogen) atoms. The van der Waals surface area contributed by atoms with Gasteiger partial charge in [0.05, 0.1) is 22.1 Å². The Morgan fingerprint density at radius 1 is 0.346 bits per heavy atom. The summed E-state index contributed by atoms with van der Waals surface area (Å²) < 4.78 is 4.74. The summed E-state index contributed by atoms with van der Waals surface area (Å²) in [5.74, 6) is 0.936. The van der Waals surface area contributed by atoms with Crippen molar-refractivity contribution in [1.29, 1.82) is 0 Å². The first-order valence-corrected chi connectivity index (χ1v) is 17.8. The van der Waals surface area contributed by atoms with E-state index in [1.165, 1.54) is 65.3 Å². The summed E-state index contributed by atoms with van der Waals surface area (Å²) in [6.45, 7) is 0. The number of rotatable bonds is 4. The molecule has 0 radical (unpaired) electrons. The van der Waals surface area contributed by atoms with Crippen LogP contribution >= 0.6 is 0 Å². The molecule has 2 aromatic heterocycles. The van der Waals surface area contributed by atoms with E-state index in [-0.39, 0.29) is 0 Å². The summed E-state index contributed by atoms with van der Waals surface area (Å²) in [5, 5.41) is 10.2. The number of fused-ring (bicyclic) bond motifs is 11. The molecule has 0 atom stereocenters. The highest BCUT2D eigenvalue weighted by Gasteiger charge is 2.21. The van der Waals surface area contributed by atoms with Crippen molar-refractivity contribution in [2.24, 2.45) is 0 Å². The Labute approximate surface area is 300 Å². The maximum absolute atomic E-state index is 5.10. The number of benzene rings is 9. The van der Waals surface area contributed by atoms with Crippen LogP contribution in [0.5, 0.6) is 0 Å². The molecular formula is C49H31N3. The van der Waals surface area contributed by atoms with Crippen molar-refractivity contribution < 1.29 is 0 Å². The van der Waals surface area contributed by atoms with Crippen LogP contribution in [0.25, 0.3) is 99.0 Å². The summed E-state index contributed by atoms with van der Waals surface area (Å²) in [4.78, 5) is 5.10. The van der Waals surface area contributed by atoms with Crippen LogP contribution in [0.4, 0.5) is 0 Å². The van der Waals surface area contributed by atoms with Gasteiger partial charge >= 0.3 is 0 Å². The van der Waals surface area contributed by atoms with Gasteiger partial charge in [0, 0.05) is 33.1 Å². The molecule has 0 N–H and O–H groups in total. The normalized spacial score (nSPS) is 11.8. The lowest BCUT2D eigenvalue weighted by molar-refractivity contribution is 1.10. The van der Waals surface area contributed by atoms with Gasteiger partial charge in [0.2, 0.25) is 0 Å². The molecule has 0 fully saturated rings. The third-order valence-corrected chi connectivity index (χ3v) is 10.7.